The number of hydrogen-bond donors (Lipinski definition) is 0. The van der Waals surface area contributed by atoms with E-state index in [0.29, 0.717) is 22.3 Å². The average Bonchev–Trinajstić information content (AvgIpc) is 3.13. The van der Waals surface area contributed by atoms with Gasteiger partial charge in [0.15, 0.2) is 0 Å². The number of fused-ring (bicyclic) bond motifs is 3. The molecule has 9 heteroatoms. The van der Waals surface area contributed by atoms with Gasteiger partial charge in [-0.2, -0.15) is 0 Å². The Morgan fingerprint density at radius 2 is 1.39 bits per heavy atom. The van der Waals surface area contributed by atoms with Crippen molar-refractivity contribution in [3.8, 4) is 5.75 Å². The summed E-state index contributed by atoms with van der Waals surface area (Å²) in [6.07, 6.45) is -0.248. The zero-order valence-electron chi connectivity index (χ0n) is 26.4. The van der Waals surface area contributed by atoms with Gasteiger partial charge in [0, 0.05) is 10.8 Å². The summed E-state index contributed by atoms with van der Waals surface area (Å²) < 4.78 is 40.5. The molecule has 1 heterocycles. The van der Waals surface area contributed by atoms with E-state index in [1.807, 2.05) is 91.0 Å². The molecule has 0 fully saturated rings. The highest BCUT2D eigenvalue weighted by molar-refractivity contribution is 7.93. The number of para-hydroxylation sites is 1. The maximum Gasteiger partial charge on any atom is 0.338 e. The average molecular weight is 667 g/mol. The molecule has 7 aromatic rings. The third kappa shape index (κ3) is 6.31. The molecule has 0 unspecified atom stereocenters. The molecule has 6 aromatic carbocycles. The summed E-state index contributed by atoms with van der Waals surface area (Å²) in [5.41, 5.74) is 2.99. The lowest BCUT2D eigenvalue weighted by Gasteiger charge is -2.24. The molecule has 0 aliphatic carbocycles. The summed E-state index contributed by atoms with van der Waals surface area (Å²) in [6, 6.07) is 40.3. The highest BCUT2D eigenvalue weighted by atomic mass is 32.2. The zero-order chi connectivity index (χ0) is 34.0. The van der Waals surface area contributed by atoms with Crippen LogP contribution >= 0.6 is 0 Å². The second-order valence-electron chi connectivity index (χ2n) is 11.5. The SMILES string of the molecule is COc1ccc(N(C(=O)Cc2c3ccccc3nc3cc4ccccc4cc23)S(=O)(=O)c2cccc(C(=O)OCc3ccccc3)c2)cc1. The summed E-state index contributed by atoms with van der Waals surface area (Å²) in [5.74, 6) is -0.882. The number of anilines is 1. The lowest BCUT2D eigenvalue weighted by Crippen LogP contribution is -2.38. The number of carbonyl (C=O) groups is 2. The summed E-state index contributed by atoms with van der Waals surface area (Å²) in [5, 5.41) is 3.46. The summed E-state index contributed by atoms with van der Waals surface area (Å²) in [7, 11) is -3.04. The van der Waals surface area contributed by atoms with E-state index in [9.17, 15) is 18.0 Å². The molecule has 0 aliphatic rings. The van der Waals surface area contributed by atoms with Crippen LogP contribution in [-0.2, 0) is 32.6 Å². The minimum atomic E-state index is -4.54. The molecule has 0 saturated carbocycles. The van der Waals surface area contributed by atoms with E-state index in [0.717, 1.165) is 31.4 Å². The summed E-state index contributed by atoms with van der Waals surface area (Å²) in [6.45, 7) is 0.0240. The van der Waals surface area contributed by atoms with Gasteiger partial charge in [-0.1, -0.05) is 78.9 Å². The van der Waals surface area contributed by atoms with Crippen molar-refractivity contribution in [2.45, 2.75) is 17.9 Å². The number of nitrogens with zero attached hydrogens (tertiary/aromatic N) is 2. The molecule has 7 rings (SSSR count). The van der Waals surface area contributed by atoms with E-state index >= 15 is 0 Å². The van der Waals surface area contributed by atoms with Gasteiger partial charge < -0.3 is 9.47 Å². The van der Waals surface area contributed by atoms with Crippen LogP contribution in [0.1, 0.15) is 21.5 Å². The van der Waals surface area contributed by atoms with Gasteiger partial charge in [0.2, 0.25) is 5.91 Å². The lowest BCUT2D eigenvalue weighted by atomic mass is 9.97. The minimum absolute atomic E-state index is 0.0240. The summed E-state index contributed by atoms with van der Waals surface area (Å²) in [4.78, 5) is 32.2. The molecule has 1 aromatic heterocycles. The second kappa shape index (κ2) is 13.2. The number of esters is 1. The Balaban J connectivity index is 1.30. The highest BCUT2D eigenvalue weighted by Gasteiger charge is 2.32. The van der Waals surface area contributed by atoms with Crippen LogP contribution in [0.25, 0.3) is 32.6 Å². The number of aromatic nitrogens is 1. The first-order chi connectivity index (χ1) is 23.8. The molecule has 242 valence electrons. The van der Waals surface area contributed by atoms with Gasteiger partial charge in [-0.15, -0.1) is 0 Å². The predicted molar refractivity (Wildman–Crippen MR) is 190 cm³/mol. The van der Waals surface area contributed by atoms with E-state index in [-0.39, 0.29) is 29.2 Å². The lowest BCUT2D eigenvalue weighted by molar-refractivity contribution is -0.116. The van der Waals surface area contributed by atoms with Gasteiger partial charge in [0.25, 0.3) is 10.0 Å². The number of carbonyl (C=O) groups excluding carboxylic acids is 2. The molecule has 0 saturated heterocycles. The zero-order valence-corrected chi connectivity index (χ0v) is 27.3. The van der Waals surface area contributed by atoms with Gasteiger partial charge in [-0.25, -0.2) is 22.5 Å². The van der Waals surface area contributed by atoms with Gasteiger partial charge in [0.1, 0.15) is 12.4 Å². The maximum absolute atomic E-state index is 14.5. The van der Waals surface area contributed by atoms with Gasteiger partial charge in [-0.05, 0) is 82.6 Å². The number of rotatable bonds is 9. The Hall–Kier alpha value is -6.06. The van der Waals surface area contributed by atoms with E-state index in [1.54, 1.807) is 12.1 Å². The Kier molecular flexibility index (Phi) is 8.50. The third-order valence-electron chi connectivity index (χ3n) is 8.34. The molecule has 0 atom stereocenters. The fraction of sp³-hybridized carbons (Fsp3) is 0.0750. The number of methoxy groups -OCH3 is 1. The fourth-order valence-electron chi connectivity index (χ4n) is 5.91. The molecule has 1 amide bonds. The van der Waals surface area contributed by atoms with Crippen molar-refractivity contribution in [3.63, 3.8) is 0 Å². The summed E-state index contributed by atoms with van der Waals surface area (Å²) >= 11 is 0. The van der Waals surface area contributed by atoms with Crippen LogP contribution in [0.2, 0.25) is 0 Å². The van der Waals surface area contributed by atoms with Crippen LogP contribution in [0.15, 0.2) is 144 Å². The van der Waals surface area contributed by atoms with E-state index in [2.05, 4.69) is 0 Å². The normalized spacial score (nSPS) is 11.4. The molecule has 0 radical (unpaired) electrons. The number of hydrogen-bond acceptors (Lipinski definition) is 7. The molecule has 0 bridgehead atoms. The van der Waals surface area contributed by atoms with Crippen molar-refractivity contribution in [1.82, 2.24) is 4.98 Å². The standard InChI is InChI=1S/C40H30N2O6S/c1-47-32-20-18-31(19-21-32)42(49(45,46)33-15-9-14-30(22-33)40(44)48-26-27-10-3-2-4-11-27)39(43)25-35-34-16-7-8-17-37(34)41-38-24-29-13-6-5-12-28(29)23-36(35)38/h2-24H,25-26H2,1H3. The molecule has 0 aliphatic heterocycles. The molecular formula is C40H30N2O6S. The smallest absolute Gasteiger partial charge is 0.338 e. The monoisotopic (exact) mass is 666 g/mol. The van der Waals surface area contributed by atoms with Crippen LogP contribution in [0.4, 0.5) is 5.69 Å². The van der Waals surface area contributed by atoms with Gasteiger partial charge >= 0.3 is 5.97 Å². The number of amides is 1. The maximum atomic E-state index is 14.5. The van der Waals surface area contributed by atoms with Gasteiger partial charge in [0.05, 0.1) is 40.7 Å². The molecular weight excluding hydrogens is 637 g/mol. The van der Waals surface area contributed by atoms with Crippen LogP contribution in [0, 0.1) is 0 Å². The number of ether oxygens (including phenoxy) is 2. The highest BCUT2D eigenvalue weighted by Crippen LogP contribution is 2.33. The second-order valence-corrected chi connectivity index (χ2v) is 13.2. The Morgan fingerprint density at radius 1 is 0.694 bits per heavy atom. The first-order valence-electron chi connectivity index (χ1n) is 15.6. The van der Waals surface area contributed by atoms with Gasteiger partial charge in [-0.3, -0.25) is 4.79 Å². The Morgan fingerprint density at radius 3 is 2.14 bits per heavy atom. The van der Waals surface area contributed by atoms with Crippen molar-refractivity contribution in [2.24, 2.45) is 0 Å². The predicted octanol–water partition coefficient (Wildman–Crippen LogP) is 7.87. The Labute approximate surface area is 283 Å². The van der Waals surface area contributed by atoms with Crippen molar-refractivity contribution in [2.75, 3.05) is 11.4 Å². The van der Waals surface area contributed by atoms with Crippen LogP contribution in [0.3, 0.4) is 0 Å². The number of benzene rings is 6. The molecule has 0 N–H and O–H groups in total. The quantitative estimate of drug-likeness (QED) is 0.114. The first kappa shape index (κ1) is 31.5. The number of pyridine rings is 1. The van der Waals surface area contributed by atoms with E-state index in [4.69, 9.17) is 14.5 Å². The molecule has 0 spiro atoms. The van der Waals surface area contributed by atoms with Crippen LogP contribution in [0.5, 0.6) is 5.75 Å². The molecule has 8 nitrogen and oxygen atoms in total. The van der Waals surface area contributed by atoms with E-state index < -0.39 is 21.9 Å². The van der Waals surface area contributed by atoms with Crippen molar-refractivity contribution >= 4 is 60.2 Å². The topological polar surface area (TPSA) is 103 Å². The van der Waals surface area contributed by atoms with E-state index in [1.165, 1.54) is 43.5 Å². The van der Waals surface area contributed by atoms with Crippen molar-refractivity contribution < 1.29 is 27.5 Å². The van der Waals surface area contributed by atoms with Crippen LogP contribution < -0.4 is 9.04 Å². The largest absolute Gasteiger partial charge is 0.497 e. The molecule has 49 heavy (non-hydrogen) atoms. The van der Waals surface area contributed by atoms with Crippen LogP contribution in [-0.4, -0.2) is 32.4 Å². The first-order valence-corrected chi connectivity index (χ1v) is 17.0. The third-order valence-corrected chi connectivity index (χ3v) is 10.1. The Bertz CT molecular complexity index is 2460. The van der Waals surface area contributed by atoms with Crippen molar-refractivity contribution in [3.05, 3.63) is 156 Å². The minimum Gasteiger partial charge on any atom is -0.497 e. The number of sulfonamides is 1. The fourth-order valence-corrected chi connectivity index (χ4v) is 7.38. The van der Waals surface area contributed by atoms with Crippen molar-refractivity contribution in [1.29, 1.82) is 0 Å².